The Hall–Kier alpha value is -3.47. The van der Waals surface area contributed by atoms with E-state index in [1.165, 1.54) is 38.1 Å². The summed E-state index contributed by atoms with van der Waals surface area (Å²) in [4.78, 5) is 38.9. The number of benzene rings is 2. The monoisotopic (exact) mass is 490 g/mol. The second kappa shape index (κ2) is 8.71. The fourth-order valence-corrected chi connectivity index (χ4v) is 6.33. The highest BCUT2D eigenvalue weighted by Crippen LogP contribution is 2.46. The molecule has 0 saturated carbocycles. The number of halogens is 1. The lowest BCUT2D eigenvalue weighted by atomic mass is 9.96. The maximum Gasteiger partial charge on any atom is 0.330 e. The number of hydrogen-bond donors (Lipinski definition) is 1. The molecule has 2 fully saturated rings. The van der Waals surface area contributed by atoms with Gasteiger partial charge in [-0.15, -0.1) is 0 Å². The minimum absolute atomic E-state index is 0.213. The van der Waals surface area contributed by atoms with Gasteiger partial charge in [0.2, 0.25) is 5.91 Å². The molecule has 4 rings (SSSR count). The van der Waals surface area contributed by atoms with E-state index in [1.54, 1.807) is 30.3 Å². The lowest BCUT2D eigenvalue weighted by molar-refractivity contribution is -0.165. The molecule has 0 spiro atoms. The normalized spacial score (nSPS) is 24.0. The van der Waals surface area contributed by atoms with Crippen LogP contribution in [-0.4, -0.2) is 59.9 Å². The standard InChI is InChI=1S/C23H23FN2O7S/c1-23(2)19(22(29)33-12-14-8-10-15(24)11-9-14)26-20(28)18(21(26)34(23,30)31)25-17(27)13-32-16-6-4-3-5-7-16/h3-11,18-19,21H,12-13H2,1-2H3,(H,25,27)/t18-,19+,21-/m1/s1. The number of amides is 2. The van der Waals surface area contributed by atoms with Crippen molar-refractivity contribution in [2.75, 3.05) is 6.61 Å². The number of fused-ring (bicyclic) bond motifs is 1. The summed E-state index contributed by atoms with van der Waals surface area (Å²) in [6.07, 6.45) is 0. The van der Waals surface area contributed by atoms with Gasteiger partial charge in [0.15, 0.2) is 21.8 Å². The summed E-state index contributed by atoms with van der Waals surface area (Å²) in [6, 6.07) is 11.1. The topological polar surface area (TPSA) is 119 Å². The first-order valence-corrected chi connectivity index (χ1v) is 12.0. The van der Waals surface area contributed by atoms with E-state index in [0.717, 1.165) is 4.90 Å². The zero-order valence-corrected chi connectivity index (χ0v) is 19.3. The van der Waals surface area contributed by atoms with Crippen LogP contribution in [0.25, 0.3) is 0 Å². The molecule has 180 valence electrons. The van der Waals surface area contributed by atoms with Crippen LogP contribution in [0.15, 0.2) is 54.6 Å². The van der Waals surface area contributed by atoms with Crippen molar-refractivity contribution in [1.82, 2.24) is 10.2 Å². The molecule has 11 heteroatoms. The fourth-order valence-electron chi connectivity index (χ4n) is 4.12. The molecule has 2 amide bonds. The first-order valence-electron chi connectivity index (χ1n) is 10.5. The minimum Gasteiger partial charge on any atom is -0.484 e. The number of esters is 1. The zero-order valence-electron chi connectivity index (χ0n) is 18.4. The van der Waals surface area contributed by atoms with Gasteiger partial charge in [0.05, 0.1) is 0 Å². The van der Waals surface area contributed by atoms with Crippen molar-refractivity contribution in [1.29, 1.82) is 0 Å². The first kappa shape index (κ1) is 23.7. The van der Waals surface area contributed by atoms with E-state index in [2.05, 4.69) is 5.32 Å². The number of carbonyl (C=O) groups is 3. The lowest BCUT2D eigenvalue weighted by Gasteiger charge is -2.42. The Balaban J connectivity index is 1.44. The van der Waals surface area contributed by atoms with Crippen LogP contribution in [0.4, 0.5) is 4.39 Å². The molecule has 2 aliphatic rings. The molecule has 2 heterocycles. The quantitative estimate of drug-likeness (QED) is 0.457. The number of rotatable bonds is 7. The first-order chi connectivity index (χ1) is 16.0. The highest BCUT2D eigenvalue weighted by Gasteiger charge is 2.72. The molecule has 3 atom stereocenters. The zero-order chi connectivity index (χ0) is 24.7. The van der Waals surface area contributed by atoms with Crippen molar-refractivity contribution in [3.05, 3.63) is 66.0 Å². The number of nitrogens with one attached hydrogen (secondary N) is 1. The van der Waals surface area contributed by atoms with Gasteiger partial charge in [0, 0.05) is 0 Å². The molecule has 0 aromatic heterocycles. The van der Waals surface area contributed by atoms with Gasteiger partial charge in [-0.1, -0.05) is 30.3 Å². The Labute approximate surface area is 195 Å². The summed E-state index contributed by atoms with van der Waals surface area (Å²) >= 11 is 0. The molecule has 2 saturated heterocycles. The van der Waals surface area contributed by atoms with Crippen LogP contribution >= 0.6 is 0 Å². The molecule has 0 unspecified atom stereocenters. The van der Waals surface area contributed by atoms with E-state index >= 15 is 0 Å². The van der Waals surface area contributed by atoms with Crippen molar-refractivity contribution in [2.24, 2.45) is 0 Å². The lowest BCUT2D eigenvalue weighted by Crippen LogP contribution is -2.72. The third-order valence-corrected chi connectivity index (χ3v) is 8.84. The fraction of sp³-hybridized carbons (Fsp3) is 0.348. The maximum atomic E-state index is 13.2. The molecule has 2 aromatic rings. The van der Waals surface area contributed by atoms with Crippen molar-refractivity contribution in [3.8, 4) is 5.75 Å². The van der Waals surface area contributed by atoms with E-state index in [-0.39, 0.29) is 6.61 Å². The Morgan fingerprint density at radius 2 is 1.74 bits per heavy atom. The Kier molecular flexibility index (Phi) is 6.07. The molecule has 0 bridgehead atoms. The van der Waals surface area contributed by atoms with Gasteiger partial charge in [-0.2, -0.15) is 0 Å². The van der Waals surface area contributed by atoms with Gasteiger partial charge in [0.25, 0.3) is 5.91 Å². The van der Waals surface area contributed by atoms with E-state index in [0.29, 0.717) is 11.3 Å². The molecule has 2 aromatic carbocycles. The number of ether oxygens (including phenoxy) is 2. The predicted molar refractivity (Wildman–Crippen MR) is 117 cm³/mol. The second-order valence-corrected chi connectivity index (χ2v) is 11.2. The van der Waals surface area contributed by atoms with Gasteiger partial charge < -0.3 is 19.7 Å². The summed E-state index contributed by atoms with van der Waals surface area (Å²) in [5.74, 6) is -2.27. The molecular weight excluding hydrogens is 467 g/mol. The Morgan fingerprint density at radius 3 is 2.38 bits per heavy atom. The molecule has 0 aliphatic carbocycles. The number of hydrogen-bond acceptors (Lipinski definition) is 7. The number of sulfone groups is 1. The van der Waals surface area contributed by atoms with Gasteiger partial charge >= 0.3 is 5.97 Å². The van der Waals surface area contributed by atoms with Crippen molar-refractivity contribution in [2.45, 2.75) is 42.7 Å². The average Bonchev–Trinajstić information content (AvgIpc) is 2.95. The number of β-lactam (4-membered cyclic amide) rings is 1. The number of carbonyl (C=O) groups excluding carboxylic acids is 3. The van der Waals surface area contributed by atoms with Gasteiger partial charge in [0.1, 0.15) is 35.0 Å². The summed E-state index contributed by atoms with van der Waals surface area (Å²) in [7, 11) is -4.04. The molecule has 0 radical (unpaired) electrons. The third kappa shape index (κ3) is 4.00. The van der Waals surface area contributed by atoms with Crippen LogP contribution in [-0.2, 0) is 35.6 Å². The van der Waals surface area contributed by atoms with Crippen LogP contribution in [0.1, 0.15) is 19.4 Å². The SMILES string of the molecule is CC1(C)[C@H](C(=O)OCc2ccc(F)cc2)N2C(=O)[C@@H](NC(=O)COc3ccccc3)[C@H]2S1(=O)=O. The van der Waals surface area contributed by atoms with Gasteiger partial charge in [-0.3, -0.25) is 9.59 Å². The van der Waals surface area contributed by atoms with E-state index in [4.69, 9.17) is 9.47 Å². The third-order valence-electron chi connectivity index (χ3n) is 6.01. The summed E-state index contributed by atoms with van der Waals surface area (Å²) in [5.41, 5.74) is 0.503. The van der Waals surface area contributed by atoms with Crippen LogP contribution in [0.3, 0.4) is 0 Å². The van der Waals surface area contributed by atoms with Gasteiger partial charge in [-0.05, 0) is 43.7 Å². The predicted octanol–water partition coefficient (Wildman–Crippen LogP) is 1.18. The smallest absolute Gasteiger partial charge is 0.330 e. The summed E-state index contributed by atoms with van der Waals surface area (Å²) in [6.45, 7) is 2.06. The largest absolute Gasteiger partial charge is 0.484 e. The molecular formula is C23H23FN2O7S. The van der Waals surface area contributed by atoms with Crippen LogP contribution in [0, 0.1) is 5.82 Å². The second-order valence-electron chi connectivity index (χ2n) is 8.57. The highest BCUT2D eigenvalue weighted by molar-refractivity contribution is 7.94. The Morgan fingerprint density at radius 1 is 1.09 bits per heavy atom. The van der Waals surface area contributed by atoms with Crippen LogP contribution in [0.5, 0.6) is 5.75 Å². The van der Waals surface area contributed by atoms with E-state index in [9.17, 15) is 27.2 Å². The van der Waals surface area contributed by atoms with Crippen molar-refractivity contribution in [3.63, 3.8) is 0 Å². The van der Waals surface area contributed by atoms with E-state index < -0.39 is 62.2 Å². The minimum atomic E-state index is -4.04. The highest BCUT2D eigenvalue weighted by atomic mass is 32.2. The average molecular weight is 491 g/mol. The van der Waals surface area contributed by atoms with Crippen LogP contribution in [0.2, 0.25) is 0 Å². The van der Waals surface area contributed by atoms with Crippen LogP contribution < -0.4 is 10.1 Å². The summed E-state index contributed by atoms with van der Waals surface area (Å²) < 4.78 is 48.4. The maximum absolute atomic E-state index is 13.2. The Bertz CT molecular complexity index is 1220. The molecule has 34 heavy (non-hydrogen) atoms. The van der Waals surface area contributed by atoms with Gasteiger partial charge in [-0.25, -0.2) is 17.6 Å². The van der Waals surface area contributed by atoms with Crippen molar-refractivity contribution >= 4 is 27.6 Å². The summed E-state index contributed by atoms with van der Waals surface area (Å²) in [5, 5.41) is 1.01. The number of para-hydroxylation sites is 1. The van der Waals surface area contributed by atoms with E-state index in [1.807, 2.05) is 0 Å². The molecule has 1 N–H and O–H groups in total. The number of nitrogens with zero attached hydrogens (tertiary/aromatic N) is 1. The molecule has 9 nitrogen and oxygen atoms in total. The molecule has 2 aliphatic heterocycles. The van der Waals surface area contributed by atoms with Crippen molar-refractivity contribution < 1.29 is 36.7 Å².